The van der Waals surface area contributed by atoms with Crippen LogP contribution in [0.3, 0.4) is 0 Å². The molecule has 0 bridgehead atoms. The summed E-state index contributed by atoms with van der Waals surface area (Å²) in [6.07, 6.45) is 0. The predicted octanol–water partition coefficient (Wildman–Crippen LogP) is 16.1. The van der Waals surface area contributed by atoms with E-state index in [2.05, 4.69) is 248 Å². The highest BCUT2D eigenvalue weighted by atomic mass is 15.1. The van der Waals surface area contributed by atoms with Gasteiger partial charge in [-0.25, -0.2) is 0 Å². The van der Waals surface area contributed by atoms with Crippen LogP contribution < -0.4 is 4.90 Å². The van der Waals surface area contributed by atoms with E-state index in [1.54, 1.807) is 0 Å². The smallest absolute Gasteiger partial charge is 0.0462 e. The molecular formula is C59H41N. The number of benzene rings is 10. The molecule has 1 heteroatoms. The predicted molar refractivity (Wildman–Crippen MR) is 253 cm³/mol. The number of hydrogen-bond acceptors (Lipinski definition) is 1. The van der Waals surface area contributed by atoms with Gasteiger partial charge in [0, 0.05) is 23.0 Å². The van der Waals surface area contributed by atoms with Gasteiger partial charge in [0.25, 0.3) is 0 Å². The number of nitrogens with zero attached hydrogens (tertiary/aromatic N) is 1. The lowest BCUT2D eigenvalue weighted by molar-refractivity contribution is 1.03. The molecule has 1 unspecified atom stereocenters. The normalized spacial score (nSPS) is 12.8. The monoisotopic (exact) mass is 763 g/mol. The molecule has 0 saturated carbocycles. The van der Waals surface area contributed by atoms with Crippen molar-refractivity contribution in [1.29, 1.82) is 0 Å². The topological polar surface area (TPSA) is 3.24 Å². The summed E-state index contributed by atoms with van der Waals surface area (Å²) in [5.74, 6) is 0.150. The van der Waals surface area contributed by atoms with Crippen LogP contribution in [0.25, 0.3) is 66.4 Å². The first-order valence-electron chi connectivity index (χ1n) is 20.8. The van der Waals surface area contributed by atoms with Crippen molar-refractivity contribution in [3.8, 4) is 55.6 Å². The molecule has 0 fully saturated rings. The highest BCUT2D eigenvalue weighted by Crippen LogP contribution is 2.53. The zero-order valence-electron chi connectivity index (χ0n) is 33.1. The van der Waals surface area contributed by atoms with E-state index in [0.717, 1.165) is 17.1 Å². The number of fused-ring (bicyclic) bond motifs is 5. The maximum absolute atomic E-state index is 2.45. The maximum Gasteiger partial charge on any atom is 0.0462 e. The van der Waals surface area contributed by atoms with Gasteiger partial charge in [-0.15, -0.1) is 0 Å². The first-order valence-corrected chi connectivity index (χ1v) is 20.8. The van der Waals surface area contributed by atoms with E-state index < -0.39 is 0 Å². The van der Waals surface area contributed by atoms with Crippen molar-refractivity contribution in [2.24, 2.45) is 0 Å². The fourth-order valence-electron chi connectivity index (χ4n) is 9.27. The molecule has 11 rings (SSSR count). The Morgan fingerprint density at radius 3 is 1.15 bits per heavy atom. The van der Waals surface area contributed by atoms with Crippen molar-refractivity contribution in [2.75, 3.05) is 4.90 Å². The van der Waals surface area contributed by atoms with Gasteiger partial charge in [-0.1, -0.05) is 200 Å². The van der Waals surface area contributed by atoms with E-state index in [1.807, 2.05) is 0 Å². The Bertz CT molecular complexity index is 3000. The summed E-state index contributed by atoms with van der Waals surface area (Å²) in [7, 11) is 0. The van der Waals surface area contributed by atoms with Crippen LogP contribution in [0.2, 0.25) is 0 Å². The standard InChI is InChI=1S/C59H41N/c1-4-14-41(15-5-1)44-24-26-48(27-25-44)58-54-22-12-11-21-53(54)57-40-56(52-20-10-13-23-55(52)59(57)58)47-32-38-51(39-33-47)60(49-34-28-45(29-35-49)42-16-6-2-7-17-42)50-36-30-46(31-37-50)43-18-8-3-9-19-43/h1-40,58H. The van der Waals surface area contributed by atoms with Crippen LogP contribution in [0.4, 0.5) is 17.1 Å². The second-order valence-electron chi connectivity index (χ2n) is 15.6. The van der Waals surface area contributed by atoms with Crippen LogP contribution in [-0.4, -0.2) is 0 Å². The number of hydrogen-bond donors (Lipinski definition) is 0. The molecule has 10 aromatic carbocycles. The van der Waals surface area contributed by atoms with Crippen LogP contribution >= 0.6 is 0 Å². The molecule has 0 N–H and O–H groups in total. The average Bonchev–Trinajstić information content (AvgIpc) is 3.67. The Morgan fingerprint density at radius 1 is 0.267 bits per heavy atom. The van der Waals surface area contributed by atoms with Gasteiger partial charge in [0.1, 0.15) is 0 Å². The summed E-state index contributed by atoms with van der Waals surface area (Å²) in [5, 5.41) is 2.58. The third kappa shape index (κ3) is 6.38. The quantitative estimate of drug-likeness (QED) is 0.149. The molecule has 0 aromatic heterocycles. The Balaban J connectivity index is 0.995. The highest BCUT2D eigenvalue weighted by Gasteiger charge is 2.32. The Labute approximate surface area is 352 Å². The van der Waals surface area contributed by atoms with Crippen molar-refractivity contribution >= 4 is 27.8 Å². The van der Waals surface area contributed by atoms with Crippen molar-refractivity contribution in [3.63, 3.8) is 0 Å². The molecule has 1 atom stereocenters. The molecule has 282 valence electrons. The fourth-order valence-corrected chi connectivity index (χ4v) is 9.27. The molecule has 60 heavy (non-hydrogen) atoms. The molecule has 10 aromatic rings. The minimum absolute atomic E-state index is 0.150. The van der Waals surface area contributed by atoms with Gasteiger partial charge >= 0.3 is 0 Å². The van der Waals surface area contributed by atoms with Gasteiger partial charge in [-0.3, -0.25) is 0 Å². The zero-order chi connectivity index (χ0) is 39.8. The lowest BCUT2D eigenvalue weighted by atomic mass is 9.84. The summed E-state index contributed by atoms with van der Waals surface area (Å²) < 4.78 is 0. The van der Waals surface area contributed by atoms with Crippen LogP contribution in [-0.2, 0) is 0 Å². The number of anilines is 3. The summed E-state index contributed by atoms with van der Waals surface area (Å²) in [6, 6.07) is 88.5. The van der Waals surface area contributed by atoms with E-state index in [4.69, 9.17) is 0 Å². The second kappa shape index (κ2) is 15.2. The molecule has 1 aliphatic rings. The van der Waals surface area contributed by atoms with E-state index in [0.29, 0.717) is 0 Å². The Hall–Kier alpha value is -7.74. The summed E-state index contributed by atoms with van der Waals surface area (Å²) in [6.45, 7) is 0. The molecule has 0 radical (unpaired) electrons. The van der Waals surface area contributed by atoms with E-state index >= 15 is 0 Å². The molecule has 0 aliphatic heterocycles. The third-order valence-corrected chi connectivity index (χ3v) is 12.2. The Morgan fingerprint density at radius 2 is 0.650 bits per heavy atom. The van der Waals surface area contributed by atoms with Gasteiger partial charge in [0.15, 0.2) is 0 Å². The van der Waals surface area contributed by atoms with E-state index in [9.17, 15) is 0 Å². The van der Waals surface area contributed by atoms with Crippen molar-refractivity contribution in [1.82, 2.24) is 0 Å². The third-order valence-electron chi connectivity index (χ3n) is 12.2. The minimum Gasteiger partial charge on any atom is -0.311 e. The highest BCUT2D eigenvalue weighted by molar-refractivity contribution is 6.06. The Kier molecular flexibility index (Phi) is 8.98. The van der Waals surface area contributed by atoms with Crippen LogP contribution in [0.15, 0.2) is 243 Å². The van der Waals surface area contributed by atoms with Crippen LogP contribution in [0, 0.1) is 0 Å². The fraction of sp³-hybridized carbons (Fsp3) is 0.0169. The molecule has 0 heterocycles. The lowest BCUT2D eigenvalue weighted by Crippen LogP contribution is -2.09. The van der Waals surface area contributed by atoms with Gasteiger partial charge in [0.2, 0.25) is 0 Å². The van der Waals surface area contributed by atoms with Crippen molar-refractivity contribution in [2.45, 2.75) is 5.92 Å². The SMILES string of the molecule is c1ccc(-c2ccc(C3c4ccccc4-c4cc(-c5ccc(N(c6ccc(-c7ccccc7)cc6)c6ccc(-c7ccccc7)cc6)cc5)c5ccccc5c43)cc2)cc1. The van der Waals surface area contributed by atoms with Gasteiger partial charge in [-0.2, -0.15) is 0 Å². The first-order chi connectivity index (χ1) is 29.8. The molecular weight excluding hydrogens is 723 g/mol. The van der Waals surface area contributed by atoms with E-state index in [-0.39, 0.29) is 5.92 Å². The summed E-state index contributed by atoms with van der Waals surface area (Å²) in [4.78, 5) is 2.36. The largest absolute Gasteiger partial charge is 0.311 e. The average molecular weight is 764 g/mol. The first kappa shape index (κ1) is 35.4. The van der Waals surface area contributed by atoms with Crippen LogP contribution in [0.5, 0.6) is 0 Å². The van der Waals surface area contributed by atoms with Gasteiger partial charge in [0.05, 0.1) is 0 Å². The van der Waals surface area contributed by atoms with Gasteiger partial charge < -0.3 is 4.90 Å². The second-order valence-corrected chi connectivity index (χ2v) is 15.6. The van der Waals surface area contributed by atoms with Crippen LogP contribution in [0.1, 0.15) is 22.6 Å². The zero-order valence-corrected chi connectivity index (χ0v) is 33.1. The van der Waals surface area contributed by atoms with E-state index in [1.165, 1.54) is 83.1 Å². The molecule has 1 aliphatic carbocycles. The molecule has 0 saturated heterocycles. The van der Waals surface area contributed by atoms with Crippen molar-refractivity contribution < 1.29 is 0 Å². The molecule has 0 spiro atoms. The molecule has 1 nitrogen and oxygen atoms in total. The van der Waals surface area contributed by atoms with Gasteiger partial charge in [-0.05, 0) is 126 Å². The molecule has 0 amide bonds. The number of rotatable bonds is 8. The summed E-state index contributed by atoms with van der Waals surface area (Å²) in [5.41, 5.74) is 19.8. The minimum atomic E-state index is 0.150. The summed E-state index contributed by atoms with van der Waals surface area (Å²) >= 11 is 0. The lowest BCUT2D eigenvalue weighted by Gasteiger charge is -2.26. The van der Waals surface area contributed by atoms with Crippen molar-refractivity contribution in [3.05, 3.63) is 259 Å². The maximum atomic E-state index is 2.45.